The van der Waals surface area contributed by atoms with Crippen LogP contribution in [0, 0.1) is 0 Å². The van der Waals surface area contributed by atoms with Crippen molar-refractivity contribution in [3.05, 3.63) is 107 Å². The molecule has 7 nitrogen and oxygen atoms in total. The molecule has 0 bridgehead atoms. The van der Waals surface area contributed by atoms with E-state index in [9.17, 15) is 9.59 Å². The lowest BCUT2D eigenvalue weighted by Gasteiger charge is -2.24. The third-order valence-corrected chi connectivity index (χ3v) is 7.96. The van der Waals surface area contributed by atoms with E-state index in [1.807, 2.05) is 86.0 Å². The summed E-state index contributed by atoms with van der Waals surface area (Å²) in [5.41, 5.74) is 2.22. The summed E-state index contributed by atoms with van der Waals surface area (Å²) in [5, 5.41) is 1.94. The van der Waals surface area contributed by atoms with Crippen molar-refractivity contribution in [1.29, 1.82) is 0 Å². The summed E-state index contributed by atoms with van der Waals surface area (Å²) in [6.45, 7) is 6.83. The largest absolute Gasteiger partial charge is 0.490 e. The van der Waals surface area contributed by atoms with Crippen molar-refractivity contribution >= 4 is 40.4 Å². The number of carbonyl (C=O) groups is 1. The van der Waals surface area contributed by atoms with Crippen LogP contribution in [0.5, 0.6) is 11.5 Å². The number of fused-ring (bicyclic) bond motifs is 1. The Kier molecular flexibility index (Phi) is 8.09. The Morgan fingerprint density at radius 3 is 2.44 bits per heavy atom. The third kappa shape index (κ3) is 5.32. The van der Waals surface area contributed by atoms with Gasteiger partial charge in [-0.25, -0.2) is 9.79 Å². The minimum absolute atomic E-state index is 0.214. The molecule has 0 amide bonds. The molecule has 0 saturated carbocycles. The first-order chi connectivity index (χ1) is 19.0. The van der Waals surface area contributed by atoms with Gasteiger partial charge < -0.3 is 14.2 Å². The summed E-state index contributed by atoms with van der Waals surface area (Å²) in [6.07, 6.45) is 1.82. The van der Waals surface area contributed by atoms with Crippen LogP contribution in [0.2, 0.25) is 0 Å². The van der Waals surface area contributed by atoms with Crippen LogP contribution >= 0.6 is 22.7 Å². The maximum atomic E-state index is 13.9. The Labute approximate surface area is 234 Å². The van der Waals surface area contributed by atoms with E-state index in [4.69, 9.17) is 19.2 Å². The molecule has 200 valence electrons. The maximum absolute atomic E-state index is 13.9. The van der Waals surface area contributed by atoms with E-state index in [-0.39, 0.29) is 12.2 Å². The van der Waals surface area contributed by atoms with Crippen LogP contribution in [-0.4, -0.2) is 30.4 Å². The fourth-order valence-electron chi connectivity index (χ4n) is 4.47. The number of benzene rings is 2. The van der Waals surface area contributed by atoms with Gasteiger partial charge in [0.1, 0.15) is 6.04 Å². The summed E-state index contributed by atoms with van der Waals surface area (Å²) in [4.78, 5) is 33.6. The Morgan fingerprint density at radius 2 is 1.74 bits per heavy atom. The van der Waals surface area contributed by atoms with Gasteiger partial charge in [0, 0.05) is 10.4 Å². The van der Waals surface area contributed by atoms with Gasteiger partial charge in [0.25, 0.3) is 5.56 Å². The minimum atomic E-state index is -0.656. The van der Waals surface area contributed by atoms with Crippen molar-refractivity contribution < 1.29 is 19.0 Å². The van der Waals surface area contributed by atoms with E-state index in [1.165, 1.54) is 22.7 Å². The molecule has 0 N–H and O–H groups in total. The molecule has 5 rings (SSSR count). The van der Waals surface area contributed by atoms with E-state index in [0.717, 1.165) is 16.0 Å². The molecular weight excluding hydrogens is 532 g/mol. The molecule has 1 aliphatic heterocycles. The van der Waals surface area contributed by atoms with Crippen molar-refractivity contribution in [3.8, 4) is 11.5 Å². The highest BCUT2D eigenvalue weighted by molar-refractivity contribution is 7.10. The van der Waals surface area contributed by atoms with Gasteiger partial charge in [-0.1, -0.05) is 53.8 Å². The molecule has 0 spiro atoms. The average molecular weight is 561 g/mol. The van der Waals surface area contributed by atoms with Gasteiger partial charge in [-0.05, 0) is 56.0 Å². The first-order valence-electron chi connectivity index (χ1n) is 12.8. The summed E-state index contributed by atoms with van der Waals surface area (Å²) in [6, 6.07) is 18.3. The summed E-state index contributed by atoms with van der Waals surface area (Å²) >= 11 is 2.78. The first-order valence-corrected chi connectivity index (χ1v) is 14.5. The average Bonchev–Trinajstić information content (AvgIpc) is 3.58. The molecule has 3 heterocycles. The van der Waals surface area contributed by atoms with Gasteiger partial charge in [-0.2, -0.15) is 0 Å². The van der Waals surface area contributed by atoms with E-state index < -0.39 is 12.0 Å². The highest BCUT2D eigenvalue weighted by Gasteiger charge is 2.35. The Hall–Kier alpha value is -3.95. The molecule has 4 aromatic rings. The van der Waals surface area contributed by atoms with Crippen LogP contribution in [0.1, 0.15) is 42.8 Å². The van der Waals surface area contributed by atoms with Crippen molar-refractivity contribution in [2.24, 2.45) is 4.99 Å². The zero-order valence-electron chi connectivity index (χ0n) is 21.9. The molecule has 1 atom stereocenters. The number of carbonyl (C=O) groups excluding carboxylic acids is 1. The molecule has 39 heavy (non-hydrogen) atoms. The van der Waals surface area contributed by atoms with E-state index >= 15 is 0 Å². The van der Waals surface area contributed by atoms with Crippen LogP contribution in [-0.2, 0) is 9.53 Å². The van der Waals surface area contributed by atoms with Crippen molar-refractivity contribution in [2.75, 3.05) is 19.8 Å². The predicted molar refractivity (Wildman–Crippen MR) is 154 cm³/mol. The number of thiazole rings is 1. The highest BCUT2D eigenvalue weighted by atomic mass is 32.1. The highest BCUT2D eigenvalue weighted by Crippen LogP contribution is 2.37. The van der Waals surface area contributed by atoms with E-state index in [1.54, 1.807) is 11.5 Å². The van der Waals surface area contributed by atoms with Gasteiger partial charge in [0.2, 0.25) is 0 Å². The minimum Gasteiger partial charge on any atom is -0.490 e. The lowest BCUT2D eigenvalue weighted by atomic mass is 9.97. The molecule has 0 unspecified atom stereocenters. The molecule has 2 aromatic carbocycles. The van der Waals surface area contributed by atoms with Gasteiger partial charge >= 0.3 is 5.97 Å². The van der Waals surface area contributed by atoms with Crippen LogP contribution in [0.15, 0.2) is 81.4 Å². The standard InChI is InChI=1S/C30H28N2O5S2/c1-4-35-21-15-14-19(17-22(21)36-5-2)18-24-28(33)32-27(23-13-10-16-38-23)25(29(34)37-6-3)26(31-30(32)39-24)20-11-8-7-9-12-20/h7-18,27H,4-6H2,1-3H3/b24-18-/t27-/m0/s1. The molecular formula is C30H28N2O5S2. The fraction of sp³-hybridized carbons (Fsp3) is 0.233. The normalized spacial score (nSPS) is 15.1. The third-order valence-electron chi connectivity index (χ3n) is 6.05. The number of rotatable bonds is 9. The lowest BCUT2D eigenvalue weighted by Crippen LogP contribution is -2.39. The number of thiophene rings is 1. The Balaban J connectivity index is 1.74. The molecule has 1 aliphatic rings. The first kappa shape index (κ1) is 26.6. The molecule has 0 saturated heterocycles. The smallest absolute Gasteiger partial charge is 0.338 e. The van der Waals surface area contributed by atoms with Crippen LogP contribution in [0.3, 0.4) is 0 Å². The maximum Gasteiger partial charge on any atom is 0.338 e. The number of hydrogen-bond acceptors (Lipinski definition) is 8. The Bertz CT molecular complexity index is 1690. The molecule has 2 aromatic heterocycles. The predicted octanol–water partition coefficient (Wildman–Crippen LogP) is 4.79. The second-order valence-corrected chi connectivity index (χ2v) is 10.5. The molecule has 0 fully saturated rings. The zero-order valence-corrected chi connectivity index (χ0v) is 23.5. The van der Waals surface area contributed by atoms with Crippen molar-refractivity contribution in [1.82, 2.24) is 4.57 Å². The number of nitrogens with zero attached hydrogens (tertiary/aromatic N) is 2. The van der Waals surface area contributed by atoms with Crippen molar-refractivity contribution in [2.45, 2.75) is 26.8 Å². The number of esters is 1. The number of aromatic nitrogens is 1. The second kappa shape index (κ2) is 11.8. The van der Waals surface area contributed by atoms with E-state index in [0.29, 0.717) is 45.3 Å². The van der Waals surface area contributed by atoms with E-state index in [2.05, 4.69) is 0 Å². The zero-order chi connectivity index (χ0) is 27.4. The summed E-state index contributed by atoms with van der Waals surface area (Å²) in [7, 11) is 0. The SMILES string of the molecule is CCOC(=O)C1=C(c2ccccc2)N=c2s/c(=C\c3ccc(OCC)c(OCC)c3)c(=O)n2[C@H]1c1cccs1. The Morgan fingerprint density at radius 1 is 0.974 bits per heavy atom. The van der Waals surface area contributed by atoms with Gasteiger partial charge in [0.05, 0.1) is 35.6 Å². The molecule has 9 heteroatoms. The summed E-state index contributed by atoms with van der Waals surface area (Å²) < 4.78 is 19.1. The summed E-state index contributed by atoms with van der Waals surface area (Å²) in [5.74, 6) is 0.788. The fourth-order valence-corrected chi connectivity index (χ4v) is 6.29. The van der Waals surface area contributed by atoms with Crippen molar-refractivity contribution in [3.63, 3.8) is 0 Å². The van der Waals surface area contributed by atoms with Gasteiger partial charge in [0.15, 0.2) is 16.3 Å². The number of ether oxygens (including phenoxy) is 3. The van der Waals surface area contributed by atoms with Crippen LogP contribution in [0.4, 0.5) is 0 Å². The molecule has 0 aliphatic carbocycles. The van der Waals surface area contributed by atoms with Crippen LogP contribution in [0.25, 0.3) is 11.8 Å². The second-order valence-electron chi connectivity index (χ2n) is 8.52. The monoisotopic (exact) mass is 560 g/mol. The topological polar surface area (TPSA) is 79.1 Å². The quantitative estimate of drug-likeness (QED) is 0.275. The van der Waals surface area contributed by atoms with Gasteiger partial charge in [-0.15, -0.1) is 11.3 Å². The number of hydrogen-bond donors (Lipinski definition) is 0. The van der Waals surface area contributed by atoms with Gasteiger partial charge in [-0.3, -0.25) is 9.36 Å². The lowest BCUT2D eigenvalue weighted by molar-refractivity contribution is -0.138. The van der Waals surface area contributed by atoms with Crippen LogP contribution < -0.4 is 24.4 Å². The molecule has 0 radical (unpaired) electrons.